The lowest BCUT2D eigenvalue weighted by Crippen LogP contribution is -2.27. The van der Waals surface area contributed by atoms with Gasteiger partial charge >= 0.3 is 0 Å². The third-order valence-corrected chi connectivity index (χ3v) is 2.18. The van der Waals surface area contributed by atoms with Gasteiger partial charge < -0.3 is 14.4 Å². The van der Waals surface area contributed by atoms with Crippen molar-refractivity contribution in [2.45, 2.75) is 0 Å². The van der Waals surface area contributed by atoms with Crippen LogP contribution in [0.15, 0.2) is 18.2 Å². The predicted octanol–water partition coefficient (Wildman–Crippen LogP) is 0.865. The van der Waals surface area contributed by atoms with Gasteiger partial charge in [0, 0.05) is 13.1 Å². The average Bonchev–Trinajstić information content (AvgIpc) is 2.35. The van der Waals surface area contributed by atoms with E-state index in [1.54, 1.807) is 18.2 Å². The minimum Gasteiger partial charge on any atom is -0.497 e. The first-order valence-corrected chi connectivity index (χ1v) is 4.59. The van der Waals surface area contributed by atoms with Crippen molar-refractivity contribution in [3.05, 3.63) is 18.2 Å². The summed E-state index contributed by atoms with van der Waals surface area (Å²) in [5.74, 6) is 0.452. The zero-order valence-electron chi connectivity index (χ0n) is 9.39. The minimum absolute atomic E-state index is 0.254. The predicted molar refractivity (Wildman–Crippen MR) is 59.0 cm³/mol. The number of methoxy groups -OCH3 is 2. The van der Waals surface area contributed by atoms with Crippen molar-refractivity contribution in [1.82, 2.24) is 0 Å². The van der Waals surface area contributed by atoms with Crippen molar-refractivity contribution in [3.8, 4) is 11.5 Å². The fourth-order valence-electron chi connectivity index (χ4n) is 1.26. The van der Waals surface area contributed by atoms with E-state index < -0.39 is 5.91 Å². The van der Waals surface area contributed by atoms with Crippen LogP contribution in [0.4, 0.5) is 5.69 Å². The Morgan fingerprint density at radius 2 is 2.00 bits per heavy atom. The molecule has 0 saturated heterocycles. The van der Waals surface area contributed by atoms with Gasteiger partial charge in [0.15, 0.2) is 0 Å². The van der Waals surface area contributed by atoms with Gasteiger partial charge in [-0.2, -0.15) is 0 Å². The van der Waals surface area contributed by atoms with Crippen molar-refractivity contribution in [1.29, 1.82) is 0 Å². The van der Waals surface area contributed by atoms with Crippen molar-refractivity contribution >= 4 is 17.9 Å². The number of likely N-dealkylation sites (N-methyl/N-ethyl adjacent to an activating group) is 1. The first-order chi connectivity index (χ1) is 7.63. The summed E-state index contributed by atoms with van der Waals surface area (Å²) in [6, 6.07) is 4.98. The Bertz CT molecular complexity index is 403. The van der Waals surface area contributed by atoms with Crippen LogP contribution in [-0.4, -0.2) is 33.5 Å². The van der Waals surface area contributed by atoms with Crippen LogP contribution in [0.25, 0.3) is 0 Å². The summed E-state index contributed by atoms with van der Waals surface area (Å²) in [7, 11) is 4.52. The van der Waals surface area contributed by atoms with Gasteiger partial charge in [-0.25, -0.2) is 0 Å². The third kappa shape index (κ3) is 2.31. The normalized spacial score (nSPS) is 9.44. The highest BCUT2D eigenvalue weighted by Crippen LogP contribution is 2.31. The van der Waals surface area contributed by atoms with E-state index in [-0.39, 0.29) is 6.29 Å². The summed E-state index contributed by atoms with van der Waals surface area (Å²) < 4.78 is 10.1. The second-order valence-corrected chi connectivity index (χ2v) is 3.05. The number of hydrogen-bond donors (Lipinski definition) is 0. The topological polar surface area (TPSA) is 55.8 Å². The number of hydrogen-bond acceptors (Lipinski definition) is 4. The molecule has 0 saturated carbocycles. The lowest BCUT2D eigenvalue weighted by Gasteiger charge is -2.18. The first-order valence-electron chi connectivity index (χ1n) is 4.59. The minimum atomic E-state index is -0.636. The molecule has 86 valence electrons. The van der Waals surface area contributed by atoms with Crippen molar-refractivity contribution in [2.75, 3.05) is 26.2 Å². The maximum atomic E-state index is 11.2. The molecule has 0 aliphatic rings. The Kier molecular flexibility index (Phi) is 3.88. The number of rotatable bonds is 4. The number of carbonyl (C=O) groups excluding carboxylic acids is 2. The van der Waals surface area contributed by atoms with Crippen LogP contribution >= 0.6 is 0 Å². The molecular formula is C11H13NO4. The number of anilines is 1. The average molecular weight is 223 g/mol. The summed E-state index contributed by atoms with van der Waals surface area (Å²) in [6.07, 6.45) is 0.254. The Morgan fingerprint density at radius 3 is 2.50 bits per heavy atom. The van der Waals surface area contributed by atoms with E-state index >= 15 is 0 Å². The standard InChI is InChI=1S/C11H13NO4/c1-12(11(14)7-13)9-5-4-8(15-2)6-10(9)16-3/h4-7H,1-3H3. The van der Waals surface area contributed by atoms with Crippen LogP contribution in [0.5, 0.6) is 11.5 Å². The van der Waals surface area contributed by atoms with Gasteiger partial charge in [-0.05, 0) is 12.1 Å². The number of aldehydes is 1. The summed E-state index contributed by atoms with van der Waals surface area (Å²) in [5.41, 5.74) is 0.514. The summed E-state index contributed by atoms with van der Waals surface area (Å²) >= 11 is 0. The molecule has 0 atom stereocenters. The largest absolute Gasteiger partial charge is 0.497 e. The second kappa shape index (κ2) is 5.16. The zero-order chi connectivity index (χ0) is 12.1. The SMILES string of the molecule is COc1ccc(N(C)C(=O)C=O)c(OC)c1. The molecule has 0 aliphatic carbocycles. The van der Waals surface area contributed by atoms with Crippen molar-refractivity contribution < 1.29 is 19.1 Å². The van der Waals surface area contributed by atoms with Gasteiger partial charge in [-0.15, -0.1) is 0 Å². The molecule has 0 bridgehead atoms. The molecule has 0 aliphatic heterocycles. The molecule has 1 aromatic rings. The van der Waals surface area contributed by atoms with E-state index in [0.717, 1.165) is 0 Å². The van der Waals surface area contributed by atoms with Crippen LogP contribution < -0.4 is 14.4 Å². The van der Waals surface area contributed by atoms with Crippen LogP contribution in [0, 0.1) is 0 Å². The highest BCUT2D eigenvalue weighted by Gasteiger charge is 2.14. The van der Waals surface area contributed by atoms with Crippen LogP contribution in [-0.2, 0) is 9.59 Å². The summed E-state index contributed by atoms with van der Waals surface area (Å²) in [5, 5.41) is 0. The Labute approximate surface area is 93.6 Å². The molecule has 1 aromatic carbocycles. The molecule has 1 amide bonds. The smallest absolute Gasteiger partial charge is 0.290 e. The maximum absolute atomic E-state index is 11.2. The molecule has 0 unspecified atom stereocenters. The van der Waals surface area contributed by atoms with Crippen molar-refractivity contribution in [3.63, 3.8) is 0 Å². The second-order valence-electron chi connectivity index (χ2n) is 3.05. The van der Waals surface area contributed by atoms with Gasteiger partial charge in [-0.3, -0.25) is 9.59 Å². The maximum Gasteiger partial charge on any atom is 0.290 e. The fraction of sp³-hybridized carbons (Fsp3) is 0.273. The van der Waals surface area contributed by atoms with E-state index in [9.17, 15) is 9.59 Å². The lowest BCUT2D eigenvalue weighted by atomic mass is 10.2. The molecular weight excluding hydrogens is 210 g/mol. The van der Waals surface area contributed by atoms with Gasteiger partial charge in [-0.1, -0.05) is 0 Å². The van der Waals surface area contributed by atoms with E-state index in [0.29, 0.717) is 17.2 Å². The first kappa shape index (κ1) is 12.0. The molecule has 0 heterocycles. The van der Waals surface area contributed by atoms with Gasteiger partial charge in [0.1, 0.15) is 11.5 Å². The Hall–Kier alpha value is -2.04. The van der Waals surface area contributed by atoms with Crippen molar-refractivity contribution in [2.24, 2.45) is 0 Å². The number of nitrogens with zero attached hydrogens (tertiary/aromatic N) is 1. The molecule has 16 heavy (non-hydrogen) atoms. The summed E-state index contributed by atoms with van der Waals surface area (Å²) in [6.45, 7) is 0. The molecule has 0 aromatic heterocycles. The summed E-state index contributed by atoms with van der Waals surface area (Å²) in [4.78, 5) is 22.8. The lowest BCUT2D eigenvalue weighted by molar-refractivity contribution is -0.129. The molecule has 5 heteroatoms. The van der Waals surface area contributed by atoms with Gasteiger partial charge in [0.2, 0.25) is 6.29 Å². The number of ether oxygens (including phenoxy) is 2. The molecule has 0 fully saturated rings. The third-order valence-electron chi connectivity index (χ3n) is 2.18. The van der Waals surface area contributed by atoms with Crippen LogP contribution in [0.3, 0.4) is 0 Å². The van der Waals surface area contributed by atoms with E-state index in [2.05, 4.69) is 0 Å². The van der Waals surface area contributed by atoms with Crippen LogP contribution in [0.1, 0.15) is 0 Å². The Balaban J connectivity index is 3.12. The highest BCUT2D eigenvalue weighted by atomic mass is 16.5. The van der Waals surface area contributed by atoms with Gasteiger partial charge in [0.05, 0.1) is 19.9 Å². The Morgan fingerprint density at radius 1 is 1.31 bits per heavy atom. The van der Waals surface area contributed by atoms with E-state index in [4.69, 9.17) is 9.47 Å². The fourth-order valence-corrected chi connectivity index (χ4v) is 1.26. The molecule has 5 nitrogen and oxygen atoms in total. The van der Waals surface area contributed by atoms with Gasteiger partial charge in [0.25, 0.3) is 5.91 Å². The molecule has 0 radical (unpaired) electrons. The molecule has 0 N–H and O–H groups in total. The number of amides is 1. The van der Waals surface area contributed by atoms with E-state index in [1.165, 1.54) is 26.2 Å². The number of carbonyl (C=O) groups is 2. The zero-order valence-corrected chi connectivity index (χ0v) is 9.39. The monoisotopic (exact) mass is 223 g/mol. The quantitative estimate of drug-likeness (QED) is 0.561. The highest BCUT2D eigenvalue weighted by molar-refractivity contribution is 6.30. The molecule has 0 spiro atoms. The number of benzene rings is 1. The van der Waals surface area contributed by atoms with E-state index in [1.807, 2.05) is 0 Å². The van der Waals surface area contributed by atoms with Crippen LogP contribution in [0.2, 0.25) is 0 Å². The molecule has 1 rings (SSSR count).